The summed E-state index contributed by atoms with van der Waals surface area (Å²) in [6.45, 7) is 3.94. The van der Waals surface area contributed by atoms with Crippen molar-refractivity contribution in [1.82, 2.24) is 9.99 Å². The molecule has 4 aromatic rings. The number of hydrogen-bond acceptors (Lipinski definition) is 5. The maximum absolute atomic E-state index is 12.3. The average Bonchev–Trinajstić information content (AvgIpc) is 3.18. The van der Waals surface area contributed by atoms with Crippen LogP contribution in [0.2, 0.25) is 0 Å². The van der Waals surface area contributed by atoms with Gasteiger partial charge in [0, 0.05) is 28.3 Å². The molecule has 1 aromatic heterocycles. The maximum atomic E-state index is 12.3. The van der Waals surface area contributed by atoms with Gasteiger partial charge in [-0.1, -0.05) is 18.2 Å². The third-order valence-corrected chi connectivity index (χ3v) is 5.47. The number of ether oxygens (including phenoxy) is 2. The van der Waals surface area contributed by atoms with E-state index < -0.39 is 11.8 Å². The van der Waals surface area contributed by atoms with Crippen LogP contribution >= 0.6 is 0 Å². The Labute approximate surface area is 209 Å². The monoisotopic (exact) mass is 482 g/mol. The van der Waals surface area contributed by atoms with E-state index in [9.17, 15) is 9.59 Å². The Kier molecular flexibility index (Phi) is 7.45. The van der Waals surface area contributed by atoms with E-state index in [-0.39, 0.29) is 0 Å². The fourth-order valence-corrected chi connectivity index (χ4v) is 3.68. The lowest BCUT2D eigenvalue weighted by molar-refractivity contribution is -0.136. The Morgan fingerprint density at radius 3 is 2.14 bits per heavy atom. The van der Waals surface area contributed by atoms with Gasteiger partial charge in [0.15, 0.2) is 0 Å². The molecule has 8 heteroatoms. The average molecular weight is 483 g/mol. The van der Waals surface area contributed by atoms with Crippen LogP contribution in [0.1, 0.15) is 17.0 Å². The van der Waals surface area contributed by atoms with E-state index >= 15 is 0 Å². The number of para-hydroxylation sites is 1. The smallest absolute Gasteiger partial charge is 0.329 e. The summed E-state index contributed by atoms with van der Waals surface area (Å²) in [5, 5.41) is 6.50. The minimum absolute atomic E-state index is 0.461. The lowest BCUT2D eigenvalue weighted by Gasteiger charge is -2.10. The van der Waals surface area contributed by atoms with Gasteiger partial charge in [-0.05, 0) is 80.6 Å². The molecule has 4 rings (SSSR count). The maximum Gasteiger partial charge on any atom is 0.329 e. The van der Waals surface area contributed by atoms with Gasteiger partial charge in [0.1, 0.15) is 17.2 Å². The van der Waals surface area contributed by atoms with Crippen molar-refractivity contribution in [3.8, 4) is 22.9 Å². The Bertz CT molecular complexity index is 1380. The molecule has 0 saturated heterocycles. The quantitative estimate of drug-likeness (QED) is 0.221. The van der Waals surface area contributed by atoms with Gasteiger partial charge in [0.05, 0.1) is 13.3 Å². The van der Waals surface area contributed by atoms with Crippen LogP contribution in [0.3, 0.4) is 0 Å². The summed E-state index contributed by atoms with van der Waals surface area (Å²) in [7, 11) is 1.63. The number of methoxy groups -OCH3 is 1. The van der Waals surface area contributed by atoms with E-state index in [4.69, 9.17) is 9.47 Å². The zero-order chi connectivity index (χ0) is 25.5. The van der Waals surface area contributed by atoms with Crippen molar-refractivity contribution in [2.45, 2.75) is 13.8 Å². The van der Waals surface area contributed by atoms with Crippen LogP contribution in [0.15, 0.2) is 90.0 Å². The molecule has 0 aliphatic heterocycles. The third-order valence-electron chi connectivity index (χ3n) is 5.47. The fourth-order valence-electron chi connectivity index (χ4n) is 3.68. The second-order valence-electron chi connectivity index (χ2n) is 7.95. The van der Waals surface area contributed by atoms with Gasteiger partial charge in [0.2, 0.25) is 0 Å². The zero-order valence-corrected chi connectivity index (χ0v) is 20.2. The predicted molar refractivity (Wildman–Crippen MR) is 139 cm³/mol. The SMILES string of the molecule is COc1ccc(-n2c(C)cc(/C=N\NC(=O)C(=O)Nc3ccc(Oc4ccccc4)cc3)c2C)cc1. The van der Waals surface area contributed by atoms with Crippen LogP contribution in [0.5, 0.6) is 17.2 Å². The second-order valence-corrected chi connectivity index (χ2v) is 7.95. The third kappa shape index (κ3) is 5.79. The standard InChI is InChI=1S/C28H26N4O4/c1-19-17-21(20(2)32(19)23-11-15-24(35-3)16-12-23)18-29-31-28(34)27(33)30-22-9-13-26(14-10-22)36-25-7-5-4-6-8-25/h4-18H,1-3H3,(H,30,33)(H,31,34)/b29-18-. The normalized spacial score (nSPS) is 10.8. The number of hydrazone groups is 1. The minimum Gasteiger partial charge on any atom is -0.497 e. The lowest BCUT2D eigenvalue weighted by atomic mass is 10.2. The van der Waals surface area contributed by atoms with Crippen molar-refractivity contribution in [2.24, 2.45) is 5.10 Å². The summed E-state index contributed by atoms with van der Waals surface area (Å²) in [6.07, 6.45) is 1.52. The number of hydrogen-bond donors (Lipinski definition) is 2. The molecule has 182 valence electrons. The predicted octanol–water partition coefficient (Wildman–Crippen LogP) is 4.98. The number of amides is 2. The van der Waals surface area contributed by atoms with Gasteiger partial charge in [-0.3, -0.25) is 9.59 Å². The first-order chi connectivity index (χ1) is 17.4. The highest BCUT2D eigenvalue weighted by atomic mass is 16.5. The molecule has 3 aromatic carbocycles. The first-order valence-electron chi connectivity index (χ1n) is 11.3. The molecule has 0 atom stereocenters. The van der Waals surface area contributed by atoms with Crippen molar-refractivity contribution in [3.05, 3.63) is 102 Å². The Balaban J connectivity index is 1.34. The molecule has 0 fully saturated rings. The molecule has 0 bridgehead atoms. The lowest BCUT2D eigenvalue weighted by Crippen LogP contribution is -2.32. The fraction of sp³-hybridized carbons (Fsp3) is 0.107. The number of anilines is 1. The summed E-state index contributed by atoms with van der Waals surface area (Å²) in [6, 6.07) is 25.7. The van der Waals surface area contributed by atoms with E-state index in [1.165, 1.54) is 6.21 Å². The summed E-state index contributed by atoms with van der Waals surface area (Å²) in [5.41, 5.74) is 6.48. The van der Waals surface area contributed by atoms with Crippen molar-refractivity contribution in [3.63, 3.8) is 0 Å². The van der Waals surface area contributed by atoms with E-state index in [1.54, 1.807) is 31.4 Å². The van der Waals surface area contributed by atoms with E-state index in [1.807, 2.05) is 74.5 Å². The van der Waals surface area contributed by atoms with Crippen LogP contribution in [0, 0.1) is 13.8 Å². The summed E-state index contributed by atoms with van der Waals surface area (Å²) in [4.78, 5) is 24.5. The molecule has 0 radical (unpaired) electrons. The van der Waals surface area contributed by atoms with E-state index in [0.29, 0.717) is 17.2 Å². The van der Waals surface area contributed by atoms with Gasteiger partial charge >= 0.3 is 11.8 Å². The second kappa shape index (κ2) is 11.1. The number of carbonyl (C=O) groups excluding carboxylic acids is 2. The number of carbonyl (C=O) groups is 2. The van der Waals surface area contributed by atoms with Gasteiger partial charge in [0.25, 0.3) is 0 Å². The molecule has 0 unspecified atom stereocenters. The van der Waals surface area contributed by atoms with E-state index in [0.717, 1.165) is 28.4 Å². The molecule has 1 heterocycles. The van der Waals surface area contributed by atoms with Crippen LogP contribution < -0.4 is 20.2 Å². The summed E-state index contributed by atoms with van der Waals surface area (Å²) >= 11 is 0. The van der Waals surface area contributed by atoms with Gasteiger partial charge in [-0.15, -0.1) is 0 Å². The van der Waals surface area contributed by atoms with Crippen molar-refractivity contribution >= 4 is 23.7 Å². The Hall–Kier alpha value is -4.85. The number of nitrogens with one attached hydrogen (secondary N) is 2. The summed E-state index contributed by atoms with van der Waals surface area (Å²) < 4.78 is 13.0. The van der Waals surface area contributed by atoms with Gasteiger partial charge in [-0.2, -0.15) is 5.10 Å². The van der Waals surface area contributed by atoms with Crippen LogP contribution in [0.25, 0.3) is 5.69 Å². The topological polar surface area (TPSA) is 94.0 Å². The van der Waals surface area contributed by atoms with Crippen molar-refractivity contribution < 1.29 is 19.1 Å². The molecular weight excluding hydrogens is 456 g/mol. The largest absolute Gasteiger partial charge is 0.497 e. The molecular formula is C28H26N4O4. The van der Waals surface area contributed by atoms with Crippen LogP contribution in [0.4, 0.5) is 5.69 Å². The molecule has 0 saturated carbocycles. The van der Waals surface area contributed by atoms with Crippen molar-refractivity contribution in [2.75, 3.05) is 12.4 Å². The van der Waals surface area contributed by atoms with Gasteiger partial charge in [-0.25, -0.2) is 5.43 Å². The highest BCUT2D eigenvalue weighted by Gasteiger charge is 2.14. The molecule has 2 amide bonds. The molecule has 8 nitrogen and oxygen atoms in total. The van der Waals surface area contributed by atoms with E-state index in [2.05, 4.69) is 20.4 Å². The minimum atomic E-state index is -0.875. The molecule has 0 aliphatic rings. The zero-order valence-electron chi connectivity index (χ0n) is 20.2. The first-order valence-corrected chi connectivity index (χ1v) is 11.3. The highest BCUT2D eigenvalue weighted by molar-refractivity contribution is 6.39. The number of aromatic nitrogens is 1. The molecule has 36 heavy (non-hydrogen) atoms. The van der Waals surface area contributed by atoms with Crippen molar-refractivity contribution in [1.29, 1.82) is 0 Å². The Morgan fingerprint density at radius 2 is 1.47 bits per heavy atom. The molecule has 2 N–H and O–H groups in total. The van der Waals surface area contributed by atoms with Crippen LogP contribution in [-0.2, 0) is 9.59 Å². The van der Waals surface area contributed by atoms with Gasteiger partial charge < -0.3 is 19.4 Å². The summed E-state index contributed by atoms with van der Waals surface area (Å²) in [5.74, 6) is 0.393. The number of nitrogens with zero attached hydrogens (tertiary/aromatic N) is 2. The Morgan fingerprint density at radius 1 is 0.833 bits per heavy atom. The highest BCUT2D eigenvalue weighted by Crippen LogP contribution is 2.23. The molecule has 0 aliphatic carbocycles. The molecule has 0 spiro atoms. The first kappa shape index (κ1) is 24.3. The number of benzene rings is 3. The number of rotatable bonds is 7. The van der Waals surface area contributed by atoms with Crippen LogP contribution in [-0.4, -0.2) is 29.7 Å². The number of aryl methyl sites for hydroxylation is 1.